The summed E-state index contributed by atoms with van der Waals surface area (Å²) in [5.41, 5.74) is 1.29. The van der Waals surface area contributed by atoms with E-state index in [1.165, 1.54) is 18.2 Å². The highest BCUT2D eigenvalue weighted by Crippen LogP contribution is 2.28. The van der Waals surface area contributed by atoms with Crippen LogP contribution in [-0.4, -0.2) is 34.6 Å². The Bertz CT molecular complexity index is 1220. The van der Waals surface area contributed by atoms with Gasteiger partial charge < -0.3 is 19.5 Å². The van der Waals surface area contributed by atoms with Gasteiger partial charge in [0.2, 0.25) is 0 Å². The van der Waals surface area contributed by atoms with E-state index in [1.54, 1.807) is 43.5 Å². The van der Waals surface area contributed by atoms with Crippen molar-refractivity contribution in [3.8, 4) is 17.2 Å². The third-order valence-corrected chi connectivity index (χ3v) is 6.31. The maximum absolute atomic E-state index is 12.7. The maximum atomic E-state index is 12.7. The SMILES string of the molecule is CCOc1ccc(NS(=O)(=O)c2ccc(OCC(=O)NCc3ccc(OC)cc3)c(Cl)c2)cc1. The monoisotopic (exact) mass is 504 g/mol. The highest BCUT2D eigenvalue weighted by molar-refractivity contribution is 7.92. The number of sulfonamides is 1. The summed E-state index contributed by atoms with van der Waals surface area (Å²) in [5.74, 6) is 1.22. The molecule has 1 amide bonds. The first-order valence-corrected chi connectivity index (χ1v) is 12.2. The molecule has 34 heavy (non-hydrogen) atoms. The highest BCUT2D eigenvalue weighted by atomic mass is 35.5. The summed E-state index contributed by atoms with van der Waals surface area (Å²) < 4.78 is 43.8. The molecule has 0 heterocycles. The average molecular weight is 505 g/mol. The second kappa shape index (κ2) is 11.6. The van der Waals surface area contributed by atoms with Crippen LogP contribution in [0, 0.1) is 0 Å². The standard InChI is InChI=1S/C24H25ClN2O6S/c1-3-32-20-10-6-18(7-11-20)27-34(29,30)21-12-13-23(22(25)14-21)33-16-24(28)26-15-17-4-8-19(31-2)9-5-17/h4-14,27H,3,15-16H2,1-2H3,(H,26,28). The van der Waals surface area contributed by atoms with Gasteiger partial charge in [-0.25, -0.2) is 8.42 Å². The van der Waals surface area contributed by atoms with Crippen LogP contribution in [0.25, 0.3) is 0 Å². The van der Waals surface area contributed by atoms with Crippen LogP contribution in [-0.2, 0) is 21.4 Å². The number of halogens is 1. The third kappa shape index (κ3) is 7.03. The number of hydrogen-bond donors (Lipinski definition) is 2. The summed E-state index contributed by atoms with van der Waals surface area (Å²) in [6, 6.07) is 17.9. The van der Waals surface area contributed by atoms with Crippen LogP contribution in [0.2, 0.25) is 5.02 Å². The number of amides is 1. The molecular formula is C24H25ClN2O6S. The smallest absolute Gasteiger partial charge is 0.261 e. The van der Waals surface area contributed by atoms with Crippen molar-refractivity contribution in [2.75, 3.05) is 25.0 Å². The fraction of sp³-hybridized carbons (Fsp3) is 0.208. The summed E-state index contributed by atoms with van der Waals surface area (Å²) in [7, 11) is -2.29. The van der Waals surface area contributed by atoms with Crippen LogP contribution in [0.1, 0.15) is 12.5 Å². The highest BCUT2D eigenvalue weighted by Gasteiger charge is 2.17. The number of benzene rings is 3. The van der Waals surface area contributed by atoms with Crippen LogP contribution < -0.4 is 24.2 Å². The Morgan fingerprint density at radius 1 is 0.941 bits per heavy atom. The second-order valence-electron chi connectivity index (χ2n) is 7.07. The van der Waals surface area contributed by atoms with E-state index >= 15 is 0 Å². The number of hydrogen-bond acceptors (Lipinski definition) is 6. The van der Waals surface area contributed by atoms with Gasteiger partial charge in [0.1, 0.15) is 17.2 Å². The Hall–Kier alpha value is -3.43. The van der Waals surface area contributed by atoms with Crippen molar-refractivity contribution in [1.29, 1.82) is 0 Å². The van der Waals surface area contributed by atoms with E-state index in [1.807, 2.05) is 19.1 Å². The van der Waals surface area contributed by atoms with Gasteiger partial charge in [-0.15, -0.1) is 0 Å². The van der Waals surface area contributed by atoms with Gasteiger partial charge in [0, 0.05) is 12.2 Å². The van der Waals surface area contributed by atoms with Gasteiger partial charge >= 0.3 is 0 Å². The predicted octanol–water partition coefficient (Wildman–Crippen LogP) is 4.24. The molecular weight excluding hydrogens is 480 g/mol. The van der Waals surface area contributed by atoms with Gasteiger partial charge in [0.05, 0.1) is 23.6 Å². The van der Waals surface area contributed by atoms with Crippen molar-refractivity contribution in [1.82, 2.24) is 5.32 Å². The molecule has 0 radical (unpaired) electrons. The largest absolute Gasteiger partial charge is 0.497 e. The van der Waals surface area contributed by atoms with E-state index < -0.39 is 10.0 Å². The summed E-state index contributed by atoms with van der Waals surface area (Å²) in [4.78, 5) is 12.1. The molecule has 0 spiro atoms. The van der Waals surface area contributed by atoms with Crippen molar-refractivity contribution < 1.29 is 27.4 Å². The lowest BCUT2D eigenvalue weighted by molar-refractivity contribution is -0.123. The summed E-state index contributed by atoms with van der Waals surface area (Å²) >= 11 is 6.20. The number of carbonyl (C=O) groups excluding carboxylic acids is 1. The Balaban J connectivity index is 1.55. The summed E-state index contributed by atoms with van der Waals surface area (Å²) in [6.45, 7) is 2.44. The number of carbonyl (C=O) groups is 1. The van der Waals surface area contributed by atoms with E-state index in [-0.39, 0.29) is 28.2 Å². The topological polar surface area (TPSA) is 103 Å². The lowest BCUT2D eigenvalue weighted by Crippen LogP contribution is -2.28. The molecule has 0 aromatic heterocycles. The van der Waals surface area contributed by atoms with Crippen LogP contribution in [0.5, 0.6) is 17.2 Å². The number of ether oxygens (including phenoxy) is 3. The molecule has 10 heteroatoms. The molecule has 0 saturated heterocycles. The molecule has 0 aliphatic carbocycles. The van der Waals surface area contributed by atoms with E-state index in [0.717, 1.165) is 11.3 Å². The number of methoxy groups -OCH3 is 1. The van der Waals surface area contributed by atoms with Crippen LogP contribution in [0.15, 0.2) is 71.6 Å². The lowest BCUT2D eigenvalue weighted by Gasteiger charge is -2.12. The molecule has 3 aromatic carbocycles. The van der Waals surface area contributed by atoms with E-state index in [2.05, 4.69) is 10.0 Å². The molecule has 2 N–H and O–H groups in total. The molecule has 0 bridgehead atoms. The number of nitrogens with one attached hydrogen (secondary N) is 2. The Kier molecular flexibility index (Phi) is 8.61. The minimum Gasteiger partial charge on any atom is -0.497 e. The first-order chi connectivity index (χ1) is 16.3. The average Bonchev–Trinajstić information content (AvgIpc) is 2.83. The van der Waals surface area contributed by atoms with Crippen molar-refractivity contribution in [2.45, 2.75) is 18.4 Å². The fourth-order valence-corrected chi connectivity index (χ4v) is 4.29. The fourth-order valence-electron chi connectivity index (χ4n) is 2.90. The molecule has 0 fully saturated rings. The van der Waals surface area contributed by atoms with Gasteiger partial charge in [-0.1, -0.05) is 23.7 Å². The van der Waals surface area contributed by atoms with Gasteiger partial charge in [-0.05, 0) is 67.1 Å². The Morgan fingerprint density at radius 3 is 2.24 bits per heavy atom. The number of rotatable bonds is 11. The maximum Gasteiger partial charge on any atom is 0.261 e. The van der Waals surface area contributed by atoms with E-state index in [0.29, 0.717) is 24.6 Å². The lowest BCUT2D eigenvalue weighted by atomic mass is 10.2. The molecule has 180 valence electrons. The van der Waals surface area contributed by atoms with Crippen LogP contribution >= 0.6 is 11.6 Å². The molecule has 0 saturated carbocycles. The number of anilines is 1. The predicted molar refractivity (Wildman–Crippen MR) is 130 cm³/mol. The quantitative estimate of drug-likeness (QED) is 0.405. The zero-order valence-corrected chi connectivity index (χ0v) is 20.3. The molecule has 0 unspecified atom stereocenters. The third-order valence-electron chi connectivity index (χ3n) is 4.64. The first kappa shape index (κ1) is 25.2. The Morgan fingerprint density at radius 2 is 1.62 bits per heavy atom. The molecule has 0 atom stereocenters. The molecule has 8 nitrogen and oxygen atoms in total. The Labute approximate surface area is 203 Å². The van der Waals surface area contributed by atoms with Gasteiger partial charge in [0.15, 0.2) is 6.61 Å². The van der Waals surface area contributed by atoms with Crippen LogP contribution in [0.3, 0.4) is 0 Å². The van der Waals surface area contributed by atoms with Gasteiger partial charge in [-0.3, -0.25) is 9.52 Å². The van der Waals surface area contributed by atoms with Gasteiger partial charge in [-0.2, -0.15) is 0 Å². The first-order valence-electron chi connectivity index (χ1n) is 10.4. The molecule has 0 aliphatic heterocycles. The molecule has 3 aromatic rings. The molecule has 0 aliphatic rings. The van der Waals surface area contributed by atoms with E-state index in [4.69, 9.17) is 25.8 Å². The normalized spacial score (nSPS) is 10.9. The van der Waals surface area contributed by atoms with Crippen LogP contribution in [0.4, 0.5) is 5.69 Å². The minimum absolute atomic E-state index is 0.0392. The summed E-state index contributed by atoms with van der Waals surface area (Å²) in [6.07, 6.45) is 0. The zero-order chi connectivity index (χ0) is 24.6. The van der Waals surface area contributed by atoms with Crippen molar-refractivity contribution >= 4 is 33.2 Å². The van der Waals surface area contributed by atoms with Crippen molar-refractivity contribution in [3.05, 3.63) is 77.3 Å². The molecule has 3 rings (SSSR count). The van der Waals surface area contributed by atoms with Crippen molar-refractivity contribution in [3.63, 3.8) is 0 Å². The zero-order valence-electron chi connectivity index (χ0n) is 18.7. The second-order valence-corrected chi connectivity index (χ2v) is 9.16. The van der Waals surface area contributed by atoms with Gasteiger partial charge in [0.25, 0.3) is 15.9 Å². The summed E-state index contributed by atoms with van der Waals surface area (Å²) in [5, 5.41) is 2.81. The van der Waals surface area contributed by atoms with E-state index in [9.17, 15) is 13.2 Å². The minimum atomic E-state index is -3.87. The van der Waals surface area contributed by atoms with Crippen molar-refractivity contribution in [2.24, 2.45) is 0 Å².